The van der Waals surface area contributed by atoms with Crippen LogP contribution in [0.3, 0.4) is 0 Å². The Kier molecular flexibility index (Phi) is 8.06. The summed E-state index contributed by atoms with van der Waals surface area (Å²) in [6, 6.07) is 16.8. The quantitative estimate of drug-likeness (QED) is 0.689. The molecule has 0 bridgehead atoms. The molecule has 2 aromatic carbocycles. The van der Waals surface area contributed by atoms with Crippen molar-refractivity contribution in [1.82, 2.24) is 14.7 Å². The van der Waals surface area contributed by atoms with Crippen LogP contribution in [0.5, 0.6) is 0 Å². The van der Waals surface area contributed by atoms with Gasteiger partial charge in [0.05, 0.1) is 10.6 Å². The summed E-state index contributed by atoms with van der Waals surface area (Å²) in [4.78, 5) is 42.9. The summed E-state index contributed by atoms with van der Waals surface area (Å²) in [5.74, 6) is -0.152. The number of rotatable bonds is 6. The van der Waals surface area contributed by atoms with Gasteiger partial charge in [0, 0.05) is 52.6 Å². The van der Waals surface area contributed by atoms with Crippen molar-refractivity contribution in [2.24, 2.45) is 0 Å². The van der Waals surface area contributed by atoms with E-state index in [4.69, 9.17) is 11.6 Å². The molecule has 164 valence electrons. The number of hydrogen-bond donors (Lipinski definition) is 0. The highest BCUT2D eigenvalue weighted by Crippen LogP contribution is 2.18. The Bertz CT molecular complexity index is 919. The van der Waals surface area contributed by atoms with Crippen molar-refractivity contribution >= 4 is 29.3 Å². The average molecular weight is 442 g/mol. The predicted molar refractivity (Wildman–Crippen MR) is 121 cm³/mol. The highest BCUT2D eigenvalue weighted by atomic mass is 35.5. The smallest absolute Gasteiger partial charge is 0.255 e. The SMILES string of the molecule is CC(=O)N(CCC(=O)N1CCCN(C(=O)c2ccccc2Cl)CC1)Cc1ccccc1. The number of carbonyl (C=O) groups is 3. The molecule has 0 aromatic heterocycles. The van der Waals surface area contributed by atoms with E-state index in [-0.39, 0.29) is 24.1 Å². The van der Waals surface area contributed by atoms with Gasteiger partial charge >= 0.3 is 0 Å². The third-order valence-electron chi connectivity index (χ3n) is 5.50. The van der Waals surface area contributed by atoms with Gasteiger partial charge in [-0.15, -0.1) is 0 Å². The lowest BCUT2D eigenvalue weighted by molar-refractivity contribution is -0.133. The molecule has 1 aliphatic heterocycles. The number of hydrogen-bond acceptors (Lipinski definition) is 3. The van der Waals surface area contributed by atoms with Crippen molar-refractivity contribution < 1.29 is 14.4 Å². The van der Waals surface area contributed by atoms with E-state index in [1.165, 1.54) is 6.92 Å². The maximum atomic E-state index is 12.8. The first-order valence-corrected chi connectivity index (χ1v) is 10.9. The Labute approximate surface area is 188 Å². The summed E-state index contributed by atoms with van der Waals surface area (Å²) >= 11 is 6.17. The van der Waals surface area contributed by atoms with Crippen LogP contribution in [0.2, 0.25) is 5.02 Å². The Morgan fingerprint density at radius 1 is 0.903 bits per heavy atom. The van der Waals surface area contributed by atoms with E-state index in [2.05, 4.69) is 0 Å². The van der Waals surface area contributed by atoms with Gasteiger partial charge in [0.1, 0.15) is 0 Å². The zero-order chi connectivity index (χ0) is 22.2. The van der Waals surface area contributed by atoms with E-state index >= 15 is 0 Å². The molecule has 1 aliphatic rings. The number of halogens is 1. The third-order valence-corrected chi connectivity index (χ3v) is 5.83. The topological polar surface area (TPSA) is 60.9 Å². The van der Waals surface area contributed by atoms with E-state index in [0.29, 0.717) is 56.3 Å². The second-order valence-electron chi connectivity index (χ2n) is 7.68. The molecule has 0 spiro atoms. The van der Waals surface area contributed by atoms with E-state index in [1.54, 1.807) is 39.0 Å². The fourth-order valence-corrected chi connectivity index (χ4v) is 3.93. The Morgan fingerprint density at radius 2 is 1.55 bits per heavy atom. The van der Waals surface area contributed by atoms with Crippen LogP contribution in [0.1, 0.15) is 35.7 Å². The molecule has 0 aliphatic carbocycles. The van der Waals surface area contributed by atoms with Crippen LogP contribution in [0.25, 0.3) is 0 Å². The summed E-state index contributed by atoms with van der Waals surface area (Å²) in [6.45, 7) is 4.53. The second kappa shape index (κ2) is 11.0. The van der Waals surface area contributed by atoms with Crippen molar-refractivity contribution in [2.75, 3.05) is 32.7 Å². The minimum Gasteiger partial charge on any atom is -0.341 e. The van der Waals surface area contributed by atoms with Crippen LogP contribution in [-0.2, 0) is 16.1 Å². The molecule has 1 saturated heterocycles. The monoisotopic (exact) mass is 441 g/mol. The standard InChI is InChI=1S/C24H28ClN3O3/c1-19(29)28(18-20-8-3-2-4-9-20)15-12-23(30)26-13-7-14-27(17-16-26)24(31)21-10-5-6-11-22(21)25/h2-6,8-11H,7,12-18H2,1H3. The zero-order valence-corrected chi connectivity index (χ0v) is 18.6. The average Bonchev–Trinajstić information content (AvgIpc) is 3.03. The lowest BCUT2D eigenvalue weighted by Crippen LogP contribution is -2.39. The zero-order valence-electron chi connectivity index (χ0n) is 17.8. The van der Waals surface area contributed by atoms with Gasteiger partial charge in [-0.3, -0.25) is 14.4 Å². The van der Waals surface area contributed by atoms with E-state index < -0.39 is 0 Å². The van der Waals surface area contributed by atoms with Crippen molar-refractivity contribution in [3.63, 3.8) is 0 Å². The summed E-state index contributed by atoms with van der Waals surface area (Å²) < 4.78 is 0. The Morgan fingerprint density at radius 3 is 2.26 bits per heavy atom. The van der Waals surface area contributed by atoms with Crippen LogP contribution < -0.4 is 0 Å². The molecule has 0 saturated carbocycles. The Balaban J connectivity index is 1.53. The first-order chi connectivity index (χ1) is 15.0. The molecule has 3 amide bonds. The third kappa shape index (κ3) is 6.31. The molecule has 2 aromatic rings. The lowest BCUT2D eigenvalue weighted by Gasteiger charge is -2.25. The van der Waals surface area contributed by atoms with Crippen molar-refractivity contribution in [1.29, 1.82) is 0 Å². The summed E-state index contributed by atoms with van der Waals surface area (Å²) in [7, 11) is 0. The van der Waals surface area contributed by atoms with Gasteiger partial charge in [0.25, 0.3) is 5.91 Å². The number of nitrogens with zero attached hydrogens (tertiary/aromatic N) is 3. The molecule has 3 rings (SSSR count). The van der Waals surface area contributed by atoms with Gasteiger partial charge < -0.3 is 14.7 Å². The molecule has 0 radical (unpaired) electrons. The lowest BCUT2D eigenvalue weighted by atomic mass is 10.2. The van der Waals surface area contributed by atoms with Crippen molar-refractivity contribution in [3.8, 4) is 0 Å². The van der Waals surface area contributed by atoms with Gasteiger partial charge in [-0.05, 0) is 24.1 Å². The number of benzene rings is 2. The van der Waals surface area contributed by atoms with Crippen LogP contribution >= 0.6 is 11.6 Å². The molecule has 31 heavy (non-hydrogen) atoms. The van der Waals surface area contributed by atoms with Crippen LogP contribution in [0.15, 0.2) is 54.6 Å². The Hall–Kier alpha value is -2.86. The maximum absolute atomic E-state index is 12.8. The molecule has 1 heterocycles. The largest absolute Gasteiger partial charge is 0.341 e. The summed E-state index contributed by atoms with van der Waals surface area (Å²) in [5.41, 5.74) is 1.52. The molecule has 6 nitrogen and oxygen atoms in total. The minimum absolute atomic E-state index is 0.00588. The normalized spacial score (nSPS) is 14.1. The maximum Gasteiger partial charge on any atom is 0.255 e. The first kappa shape index (κ1) is 22.8. The molecule has 0 atom stereocenters. The number of carbonyl (C=O) groups excluding carboxylic acids is 3. The molecule has 0 unspecified atom stereocenters. The minimum atomic E-state index is -0.106. The fraction of sp³-hybridized carbons (Fsp3) is 0.375. The van der Waals surface area contributed by atoms with E-state index in [0.717, 1.165) is 5.56 Å². The predicted octanol–water partition coefficient (Wildman–Crippen LogP) is 3.45. The van der Waals surface area contributed by atoms with E-state index in [9.17, 15) is 14.4 Å². The summed E-state index contributed by atoms with van der Waals surface area (Å²) in [5, 5.41) is 0.437. The molecular formula is C24H28ClN3O3. The molecule has 1 fully saturated rings. The highest BCUT2D eigenvalue weighted by Gasteiger charge is 2.24. The van der Waals surface area contributed by atoms with Crippen molar-refractivity contribution in [2.45, 2.75) is 26.3 Å². The summed E-state index contributed by atoms with van der Waals surface area (Å²) in [6.07, 6.45) is 0.979. The van der Waals surface area contributed by atoms with Crippen LogP contribution in [0, 0.1) is 0 Å². The highest BCUT2D eigenvalue weighted by molar-refractivity contribution is 6.33. The van der Waals surface area contributed by atoms with Crippen LogP contribution in [0.4, 0.5) is 0 Å². The fourth-order valence-electron chi connectivity index (χ4n) is 3.72. The molecule has 7 heteroatoms. The first-order valence-electron chi connectivity index (χ1n) is 10.6. The van der Waals surface area contributed by atoms with Gasteiger partial charge in [0.15, 0.2) is 0 Å². The molecular weight excluding hydrogens is 414 g/mol. The van der Waals surface area contributed by atoms with Gasteiger partial charge in [-0.25, -0.2) is 0 Å². The van der Waals surface area contributed by atoms with Gasteiger partial charge in [-0.2, -0.15) is 0 Å². The molecule has 0 N–H and O–H groups in total. The van der Waals surface area contributed by atoms with Gasteiger partial charge in [-0.1, -0.05) is 54.1 Å². The second-order valence-corrected chi connectivity index (χ2v) is 8.09. The van der Waals surface area contributed by atoms with E-state index in [1.807, 2.05) is 30.3 Å². The van der Waals surface area contributed by atoms with Crippen molar-refractivity contribution in [3.05, 3.63) is 70.7 Å². The number of amides is 3. The van der Waals surface area contributed by atoms with Crippen LogP contribution in [-0.4, -0.2) is 65.1 Å². The van der Waals surface area contributed by atoms with Gasteiger partial charge in [0.2, 0.25) is 11.8 Å².